The van der Waals surface area contributed by atoms with E-state index in [1.165, 1.54) is 0 Å². The summed E-state index contributed by atoms with van der Waals surface area (Å²) in [5.74, 6) is 1.45. The van der Waals surface area contributed by atoms with Crippen molar-refractivity contribution < 1.29 is 4.79 Å². The van der Waals surface area contributed by atoms with Gasteiger partial charge in [-0.2, -0.15) is 5.10 Å². The van der Waals surface area contributed by atoms with Gasteiger partial charge in [-0.15, -0.1) is 10.2 Å². The molecular formula is C18H22N6O. The van der Waals surface area contributed by atoms with Gasteiger partial charge in [0.2, 0.25) is 0 Å². The Kier molecular flexibility index (Phi) is 3.99. The number of carbonyl (C=O) groups is 1. The van der Waals surface area contributed by atoms with Gasteiger partial charge in [0, 0.05) is 38.5 Å². The third-order valence-corrected chi connectivity index (χ3v) is 5.04. The number of likely N-dealkylation sites (tertiary alicyclic amines) is 1. The Bertz CT molecular complexity index is 911. The van der Waals surface area contributed by atoms with Crippen molar-refractivity contribution in [2.45, 2.75) is 26.3 Å². The predicted molar refractivity (Wildman–Crippen MR) is 94.1 cm³/mol. The molecular weight excluding hydrogens is 316 g/mol. The SMILES string of the molecule is CCn1cnnc1CC1CCN(C(=O)c2nn(C)c3ccccc23)C1. The highest BCUT2D eigenvalue weighted by molar-refractivity contribution is 6.04. The minimum Gasteiger partial charge on any atom is -0.337 e. The van der Waals surface area contributed by atoms with Gasteiger partial charge in [-0.1, -0.05) is 18.2 Å². The average molecular weight is 338 g/mol. The molecule has 1 aliphatic heterocycles. The van der Waals surface area contributed by atoms with Crippen LogP contribution >= 0.6 is 0 Å². The van der Waals surface area contributed by atoms with Gasteiger partial charge in [0.25, 0.3) is 5.91 Å². The molecule has 1 fully saturated rings. The molecule has 0 saturated carbocycles. The van der Waals surface area contributed by atoms with Gasteiger partial charge in [-0.25, -0.2) is 0 Å². The van der Waals surface area contributed by atoms with Gasteiger partial charge in [0.15, 0.2) is 5.69 Å². The number of amides is 1. The van der Waals surface area contributed by atoms with Gasteiger partial charge in [-0.3, -0.25) is 9.48 Å². The van der Waals surface area contributed by atoms with Crippen molar-refractivity contribution in [3.63, 3.8) is 0 Å². The maximum atomic E-state index is 13.0. The maximum Gasteiger partial charge on any atom is 0.275 e. The number of para-hydroxylation sites is 1. The zero-order valence-electron chi connectivity index (χ0n) is 14.6. The standard InChI is InChI=1S/C18H22N6O/c1-3-23-12-19-20-16(23)10-13-8-9-24(11-13)18(25)17-14-6-4-5-7-15(14)22(2)21-17/h4-7,12-13H,3,8-11H2,1-2H3. The summed E-state index contributed by atoms with van der Waals surface area (Å²) in [5, 5.41) is 13.6. The van der Waals surface area contributed by atoms with Gasteiger partial charge >= 0.3 is 0 Å². The molecule has 7 nitrogen and oxygen atoms in total. The molecule has 4 rings (SSSR count). The lowest BCUT2D eigenvalue weighted by atomic mass is 10.0. The van der Waals surface area contributed by atoms with E-state index in [4.69, 9.17) is 0 Å². The van der Waals surface area contributed by atoms with Crippen LogP contribution in [-0.2, 0) is 20.0 Å². The monoisotopic (exact) mass is 338 g/mol. The largest absolute Gasteiger partial charge is 0.337 e. The Balaban J connectivity index is 1.50. The van der Waals surface area contributed by atoms with E-state index in [2.05, 4.69) is 26.8 Å². The van der Waals surface area contributed by atoms with Crippen LogP contribution in [0, 0.1) is 5.92 Å². The Morgan fingerprint density at radius 1 is 1.32 bits per heavy atom. The molecule has 0 spiro atoms. The molecule has 0 aliphatic carbocycles. The summed E-state index contributed by atoms with van der Waals surface area (Å²) in [6.07, 6.45) is 3.63. The second-order valence-electron chi connectivity index (χ2n) is 6.63. The lowest BCUT2D eigenvalue weighted by Gasteiger charge is -2.15. The lowest BCUT2D eigenvalue weighted by molar-refractivity contribution is 0.0782. The van der Waals surface area contributed by atoms with Crippen LogP contribution < -0.4 is 0 Å². The first kappa shape index (κ1) is 15.8. The number of hydrogen-bond acceptors (Lipinski definition) is 4. The molecule has 1 unspecified atom stereocenters. The first-order chi connectivity index (χ1) is 12.2. The van der Waals surface area contributed by atoms with Gasteiger partial charge in [-0.05, 0) is 25.3 Å². The number of nitrogens with zero attached hydrogens (tertiary/aromatic N) is 6. The zero-order chi connectivity index (χ0) is 17.4. The zero-order valence-corrected chi connectivity index (χ0v) is 14.6. The first-order valence-electron chi connectivity index (χ1n) is 8.75. The van der Waals surface area contributed by atoms with Crippen LogP contribution in [0.2, 0.25) is 0 Å². The van der Waals surface area contributed by atoms with Crippen LogP contribution in [0.25, 0.3) is 10.9 Å². The smallest absolute Gasteiger partial charge is 0.275 e. The summed E-state index contributed by atoms with van der Waals surface area (Å²) in [4.78, 5) is 14.9. The Labute approximate surface area is 146 Å². The minimum absolute atomic E-state index is 0.0243. The summed E-state index contributed by atoms with van der Waals surface area (Å²) in [6, 6.07) is 7.87. The molecule has 3 heterocycles. The average Bonchev–Trinajstić information content (AvgIpc) is 3.34. The molecule has 0 bridgehead atoms. The lowest BCUT2D eigenvalue weighted by Crippen LogP contribution is -2.29. The number of carbonyl (C=O) groups excluding carboxylic acids is 1. The van der Waals surface area contributed by atoms with Crippen molar-refractivity contribution in [2.24, 2.45) is 13.0 Å². The highest BCUT2D eigenvalue weighted by Crippen LogP contribution is 2.24. The summed E-state index contributed by atoms with van der Waals surface area (Å²) in [7, 11) is 1.88. The van der Waals surface area contributed by atoms with E-state index in [1.807, 2.05) is 36.2 Å². The Hall–Kier alpha value is -2.70. The van der Waals surface area contributed by atoms with Gasteiger partial charge < -0.3 is 9.47 Å². The van der Waals surface area contributed by atoms with Crippen molar-refractivity contribution in [2.75, 3.05) is 13.1 Å². The van der Waals surface area contributed by atoms with E-state index in [-0.39, 0.29) is 5.91 Å². The normalized spacial score (nSPS) is 17.5. The number of hydrogen-bond donors (Lipinski definition) is 0. The summed E-state index contributed by atoms with van der Waals surface area (Å²) in [6.45, 7) is 4.48. The van der Waals surface area contributed by atoms with Crippen LogP contribution in [0.4, 0.5) is 0 Å². The molecule has 1 aromatic carbocycles. The first-order valence-corrected chi connectivity index (χ1v) is 8.75. The molecule has 0 N–H and O–H groups in total. The van der Waals surface area contributed by atoms with Gasteiger partial charge in [0.05, 0.1) is 5.52 Å². The fourth-order valence-electron chi connectivity index (χ4n) is 3.66. The maximum absolute atomic E-state index is 13.0. The van der Waals surface area contributed by atoms with Crippen LogP contribution in [-0.4, -0.2) is 48.4 Å². The molecule has 1 aliphatic rings. The Morgan fingerprint density at radius 3 is 3.00 bits per heavy atom. The number of aryl methyl sites for hydroxylation is 2. The van der Waals surface area contributed by atoms with E-state index in [9.17, 15) is 4.79 Å². The van der Waals surface area contributed by atoms with Crippen molar-refractivity contribution in [3.8, 4) is 0 Å². The topological polar surface area (TPSA) is 68.8 Å². The van der Waals surface area contributed by atoms with Crippen LogP contribution in [0.5, 0.6) is 0 Å². The summed E-state index contributed by atoms with van der Waals surface area (Å²) < 4.78 is 3.84. The number of aromatic nitrogens is 5. The van der Waals surface area contributed by atoms with E-state index >= 15 is 0 Å². The molecule has 3 aromatic rings. The second-order valence-corrected chi connectivity index (χ2v) is 6.63. The molecule has 25 heavy (non-hydrogen) atoms. The fraction of sp³-hybridized carbons (Fsp3) is 0.444. The predicted octanol–water partition coefficient (Wildman–Crippen LogP) is 1.89. The number of fused-ring (bicyclic) bond motifs is 1. The molecule has 2 aromatic heterocycles. The fourth-order valence-corrected chi connectivity index (χ4v) is 3.66. The molecule has 0 radical (unpaired) electrons. The van der Waals surface area contributed by atoms with Crippen LogP contribution in [0.1, 0.15) is 29.7 Å². The second kappa shape index (κ2) is 6.31. The van der Waals surface area contributed by atoms with E-state index in [1.54, 1.807) is 11.0 Å². The van der Waals surface area contributed by atoms with Crippen molar-refractivity contribution in [1.29, 1.82) is 0 Å². The molecule has 1 amide bonds. The highest BCUT2D eigenvalue weighted by atomic mass is 16.2. The van der Waals surface area contributed by atoms with Crippen molar-refractivity contribution in [1.82, 2.24) is 29.4 Å². The highest BCUT2D eigenvalue weighted by Gasteiger charge is 2.30. The van der Waals surface area contributed by atoms with Crippen molar-refractivity contribution >= 4 is 16.8 Å². The third kappa shape index (κ3) is 2.79. The van der Waals surface area contributed by atoms with Crippen LogP contribution in [0.3, 0.4) is 0 Å². The van der Waals surface area contributed by atoms with Crippen LogP contribution in [0.15, 0.2) is 30.6 Å². The third-order valence-electron chi connectivity index (χ3n) is 5.04. The molecule has 7 heteroatoms. The molecule has 130 valence electrons. The quantitative estimate of drug-likeness (QED) is 0.728. The van der Waals surface area contributed by atoms with Crippen molar-refractivity contribution in [3.05, 3.63) is 42.1 Å². The van der Waals surface area contributed by atoms with Gasteiger partial charge in [0.1, 0.15) is 12.2 Å². The number of rotatable bonds is 4. The minimum atomic E-state index is 0.0243. The summed E-state index contributed by atoms with van der Waals surface area (Å²) in [5.41, 5.74) is 1.54. The summed E-state index contributed by atoms with van der Waals surface area (Å²) >= 11 is 0. The van der Waals surface area contributed by atoms with E-state index in [0.717, 1.165) is 49.2 Å². The Morgan fingerprint density at radius 2 is 2.16 bits per heavy atom. The number of benzene rings is 1. The molecule has 1 atom stereocenters. The molecule has 1 saturated heterocycles. The van der Waals surface area contributed by atoms with E-state index < -0.39 is 0 Å². The van der Waals surface area contributed by atoms with E-state index in [0.29, 0.717) is 11.6 Å².